The Morgan fingerprint density at radius 2 is 2.35 bits per heavy atom. The Kier molecular flexibility index (Phi) is 4.39. The van der Waals surface area contributed by atoms with Gasteiger partial charge in [0, 0.05) is 36.5 Å². The Bertz CT molecular complexity index is 749. The molecule has 1 N–H and O–H groups in total. The van der Waals surface area contributed by atoms with E-state index in [2.05, 4.69) is 10.3 Å². The number of benzene rings is 1. The number of amides is 1. The molecule has 0 spiro atoms. The van der Waals surface area contributed by atoms with Crippen molar-refractivity contribution in [2.24, 2.45) is 0 Å². The van der Waals surface area contributed by atoms with Gasteiger partial charge in [0.15, 0.2) is 0 Å². The first kappa shape index (κ1) is 15.6. The van der Waals surface area contributed by atoms with Crippen LogP contribution >= 0.6 is 11.6 Å². The number of rotatable bonds is 4. The molecule has 1 aromatic heterocycles. The van der Waals surface area contributed by atoms with Gasteiger partial charge in [-0.2, -0.15) is 0 Å². The second-order valence-electron chi connectivity index (χ2n) is 5.44. The number of carbonyl (C=O) groups is 1. The molecule has 2 heterocycles. The summed E-state index contributed by atoms with van der Waals surface area (Å²) in [5.74, 6) is 1.33. The molecular weight excluding hydrogens is 316 g/mol. The largest absolute Gasteiger partial charge is 0.496 e. The Morgan fingerprint density at radius 1 is 1.52 bits per heavy atom. The first-order valence-electron chi connectivity index (χ1n) is 7.32. The van der Waals surface area contributed by atoms with Crippen molar-refractivity contribution in [3.8, 4) is 11.5 Å². The fourth-order valence-electron chi connectivity index (χ4n) is 2.64. The summed E-state index contributed by atoms with van der Waals surface area (Å²) >= 11 is 5.98. The van der Waals surface area contributed by atoms with Gasteiger partial charge in [-0.1, -0.05) is 11.6 Å². The van der Waals surface area contributed by atoms with Crippen molar-refractivity contribution in [3.05, 3.63) is 52.3 Å². The van der Waals surface area contributed by atoms with Crippen molar-refractivity contribution in [1.29, 1.82) is 0 Å². The summed E-state index contributed by atoms with van der Waals surface area (Å²) in [4.78, 5) is 16.1. The molecule has 0 unspecified atom stereocenters. The third-order valence-corrected chi connectivity index (χ3v) is 4.06. The number of carbonyl (C=O) groups excluding carboxylic acids is 1. The maximum absolute atomic E-state index is 12.2. The van der Waals surface area contributed by atoms with E-state index in [9.17, 15) is 4.79 Å². The van der Waals surface area contributed by atoms with E-state index < -0.39 is 0 Å². The number of methoxy groups -OCH3 is 1. The van der Waals surface area contributed by atoms with E-state index in [-0.39, 0.29) is 12.0 Å². The van der Waals surface area contributed by atoms with E-state index in [1.54, 1.807) is 13.2 Å². The van der Waals surface area contributed by atoms with Crippen LogP contribution in [0.15, 0.2) is 30.6 Å². The molecule has 1 aliphatic rings. The number of hydrogen-bond acceptors (Lipinski definition) is 4. The fraction of sp³-hybridized carbons (Fsp3) is 0.294. The maximum atomic E-state index is 12.2. The van der Waals surface area contributed by atoms with Crippen LogP contribution in [0, 0.1) is 0 Å². The Labute approximate surface area is 139 Å². The average Bonchev–Trinajstić information content (AvgIpc) is 2.90. The van der Waals surface area contributed by atoms with Gasteiger partial charge in [-0.3, -0.25) is 9.78 Å². The summed E-state index contributed by atoms with van der Waals surface area (Å²) in [6.45, 7) is 2.35. The van der Waals surface area contributed by atoms with E-state index in [1.165, 1.54) is 12.4 Å². The molecule has 3 rings (SSSR count). The number of nitrogens with one attached hydrogen (secondary N) is 1. The molecule has 6 heteroatoms. The monoisotopic (exact) mass is 332 g/mol. The molecule has 5 nitrogen and oxygen atoms in total. The van der Waals surface area contributed by atoms with Gasteiger partial charge < -0.3 is 14.8 Å². The molecule has 1 aliphatic heterocycles. The number of ether oxygens (including phenoxy) is 2. The van der Waals surface area contributed by atoms with Gasteiger partial charge >= 0.3 is 0 Å². The number of halogens is 1. The van der Waals surface area contributed by atoms with Crippen molar-refractivity contribution in [2.75, 3.05) is 7.11 Å². The Hall–Kier alpha value is -2.27. The van der Waals surface area contributed by atoms with E-state index in [1.807, 2.05) is 19.1 Å². The zero-order valence-electron chi connectivity index (χ0n) is 12.9. The number of fused-ring (bicyclic) bond motifs is 1. The van der Waals surface area contributed by atoms with E-state index in [0.29, 0.717) is 17.1 Å². The lowest BCUT2D eigenvalue weighted by Crippen LogP contribution is -2.23. The standard InChI is InChI=1S/C17H17ClN2O3/c1-10-5-11-6-15(22-2)12(7-16(11)23-10)8-20-17(21)13-3-4-19-9-14(13)18/h3-4,6-7,9-10H,5,8H2,1-2H3,(H,20,21)/t10-/m1/s1. The minimum atomic E-state index is -0.255. The molecule has 1 atom stereocenters. The highest BCUT2D eigenvalue weighted by Crippen LogP contribution is 2.34. The summed E-state index contributed by atoms with van der Waals surface area (Å²) < 4.78 is 11.2. The molecule has 0 saturated carbocycles. The molecule has 1 aromatic carbocycles. The molecule has 0 fully saturated rings. The van der Waals surface area contributed by atoms with Crippen molar-refractivity contribution in [3.63, 3.8) is 0 Å². The van der Waals surface area contributed by atoms with Crippen molar-refractivity contribution >= 4 is 17.5 Å². The summed E-state index contributed by atoms with van der Waals surface area (Å²) in [7, 11) is 1.62. The Morgan fingerprint density at radius 3 is 3.09 bits per heavy atom. The first-order chi connectivity index (χ1) is 11.1. The summed E-state index contributed by atoms with van der Waals surface area (Å²) in [5.41, 5.74) is 2.38. The predicted molar refractivity (Wildman–Crippen MR) is 87.2 cm³/mol. The smallest absolute Gasteiger partial charge is 0.253 e. The molecule has 0 bridgehead atoms. The molecule has 0 radical (unpaired) electrons. The normalized spacial score (nSPS) is 15.7. The lowest BCUT2D eigenvalue weighted by atomic mass is 10.1. The maximum Gasteiger partial charge on any atom is 0.253 e. The lowest BCUT2D eigenvalue weighted by molar-refractivity contribution is 0.0950. The minimum Gasteiger partial charge on any atom is -0.496 e. The predicted octanol–water partition coefficient (Wildman–Crippen LogP) is 3.00. The van der Waals surface area contributed by atoms with Gasteiger partial charge in [-0.25, -0.2) is 0 Å². The van der Waals surface area contributed by atoms with Crippen LogP contribution in [0.25, 0.3) is 0 Å². The second kappa shape index (κ2) is 6.46. The highest BCUT2D eigenvalue weighted by molar-refractivity contribution is 6.33. The Balaban J connectivity index is 1.77. The number of pyridine rings is 1. The van der Waals surface area contributed by atoms with Crippen LogP contribution in [0.1, 0.15) is 28.4 Å². The summed E-state index contributed by atoms with van der Waals surface area (Å²) in [5, 5.41) is 3.17. The van der Waals surface area contributed by atoms with Crippen molar-refractivity contribution < 1.29 is 14.3 Å². The number of nitrogens with zero attached hydrogens (tertiary/aromatic N) is 1. The van der Waals surface area contributed by atoms with Crippen LogP contribution in [0.2, 0.25) is 5.02 Å². The molecule has 23 heavy (non-hydrogen) atoms. The zero-order valence-corrected chi connectivity index (χ0v) is 13.7. The van der Waals surface area contributed by atoms with Crippen molar-refractivity contribution in [1.82, 2.24) is 10.3 Å². The molecular formula is C17H17ClN2O3. The van der Waals surface area contributed by atoms with Crippen LogP contribution in [-0.4, -0.2) is 24.1 Å². The molecule has 0 saturated heterocycles. The van der Waals surface area contributed by atoms with E-state index in [0.717, 1.165) is 29.0 Å². The second-order valence-corrected chi connectivity index (χ2v) is 5.85. The van der Waals surface area contributed by atoms with Gasteiger partial charge in [-0.05, 0) is 25.1 Å². The van der Waals surface area contributed by atoms with Gasteiger partial charge in [0.05, 0.1) is 17.7 Å². The number of hydrogen-bond donors (Lipinski definition) is 1. The van der Waals surface area contributed by atoms with Crippen LogP contribution in [0.3, 0.4) is 0 Å². The topological polar surface area (TPSA) is 60.5 Å². The van der Waals surface area contributed by atoms with Gasteiger partial charge in [0.1, 0.15) is 17.6 Å². The molecule has 1 amide bonds. The third kappa shape index (κ3) is 3.24. The van der Waals surface area contributed by atoms with Crippen LogP contribution < -0.4 is 14.8 Å². The zero-order chi connectivity index (χ0) is 16.4. The van der Waals surface area contributed by atoms with Crippen molar-refractivity contribution in [2.45, 2.75) is 26.0 Å². The van der Waals surface area contributed by atoms with Crippen LogP contribution in [0.5, 0.6) is 11.5 Å². The van der Waals surface area contributed by atoms with Gasteiger partial charge in [0.25, 0.3) is 5.91 Å². The molecule has 0 aliphatic carbocycles. The molecule has 2 aromatic rings. The SMILES string of the molecule is COc1cc2c(cc1CNC(=O)c1ccncc1Cl)O[C@H](C)C2. The summed E-state index contributed by atoms with van der Waals surface area (Å²) in [6, 6.07) is 5.48. The first-order valence-corrected chi connectivity index (χ1v) is 7.70. The average molecular weight is 333 g/mol. The van der Waals surface area contributed by atoms with Gasteiger partial charge in [-0.15, -0.1) is 0 Å². The minimum absolute atomic E-state index is 0.162. The number of aromatic nitrogens is 1. The highest BCUT2D eigenvalue weighted by atomic mass is 35.5. The van der Waals surface area contributed by atoms with Crippen LogP contribution in [-0.2, 0) is 13.0 Å². The van der Waals surface area contributed by atoms with Crippen LogP contribution in [0.4, 0.5) is 0 Å². The lowest BCUT2D eigenvalue weighted by Gasteiger charge is -2.12. The highest BCUT2D eigenvalue weighted by Gasteiger charge is 2.22. The third-order valence-electron chi connectivity index (χ3n) is 3.76. The van der Waals surface area contributed by atoms with E-state index in [4.69, 9.17) is 21.1 Å². The molecule has 120 valence electrons. The quantitative estimate of drug-likeness (QED) is 0.935. The van der Waals surface area contributed by atoms with E-state index >= 15 is 0 Å². The summed E-state index contributed by atoms with van der Waals surface area (Å²) in [6.07, 6.45) is 4.01. The van der Waals surface area contributed by atoms with Gasteiger partial charge in [0.2, 0.25) is 0 Å². The fourth-order valence-corrected chi connectivity index (χ4v) is 2.84.